The van der Waals surface area contributed by atoms with Crippen molar-refractivity contribution in [2.75, 3.05) is 26.2 Å². The van der Waals surface area contributed by atoms with Gasteiger partial charge in [-0.3, -0.25) is 14.3 Å². The number of carbonyl (C=O) groups is 1. The summed E-state index contributed by atoms with van der Waals surface area (Å²) < 4.78 is 2.45. The molecule has 0 unspecified atom stereocenters. The van der Waals surface area contributed by atoms with Crippen LogP contribution in [0.15, 0.2) is 30.3 Å². The van der Waals surface area contributed by atoms with Crippen molar-refractivity contribution in [1.82, 2.24) is 4.90 Å². The highest BCUT2D eigenvalue weighted by atomic mass is 16.1. The topological polar surface area (TPSA) is 23.3 Å². The summed E-state index contributed by atoms with van der Waals surface area (Å²) in [7, 11) is 0. The fourth-order valence-electron chi connectivity index (χ4n) is 2.95. The van der Waals surface area contributed by atoms with E-state index in [1.807, 2.05) is 30.3 Å². The Labute approximate surface area is 115 Å². The normalized spacial score (nSPS) is 18.0. The molecule has 0 aromatic heterocycles. The van der Waals surface area contributed by atoms with Crippen LogP contribution in [-0.4, -0.2) is 47.3 Å². The van der Waals surface area contributed by atoms with Crippen molar-refractivity contribution in [1.29, 1.82) is 0 Å². The molecule has 0 aliphatic carbocycles. The quantitative estimate of drug-likeness (QED) is 0.615. The lowest BCUT2D eigenvalue weighted by atomic mass is 10.1. The van der Waals surface area contributed by atoms with E-state index in [9.17, 15) is 4.79 Å². The molecule has 19 heavy (non-hydrogen) atoms. The van der Waals surface area contributed by atoms with Crippen molar-refractivity contribution >= 4 is 11.6 Å². The molecule has 3 rings (SSSR count). The van der Waals surface area contributed by atoms with Crippen LogP contribution in [0.1, 0.15) is 37.0 Å². The van der Waals surface area contributed by atoms with Crippen LogP contribution >= 0.6 is 0 Å². The number of amidine groups is 1. The number of hydrogen-bond acceptors (Lipinski definition) is 2. The van der Waals surface area contributed by atoms with Gasteiger partial charge in [0, 0.05) is 12.0 Å². The molecule has 0 N–H and O–H groups in total. The van der Waals surface area contributed by atoms with Crippen molar-refractivity contribution in [3.63, 3.8) is 0 Å². The summed E-state index contributed by atoms with van der Waals surface area (Å²) in [4.78, 5) is 14.5. The summed E-state index contributed by atoms with van der Waals surface area (Å²) in [6.07, 6.45) is 3.55. The molecule has 0 spiro atoms. The second-order valence-electron chi connectivity index (χ2n) is 5.07. The summed E-state index contributed by atoms with van der Waals surface area (Å²) in [5, 5.41) is 0. The standard InChI is InChI=1S/C15H19N2O.CH4/c18-14(13-6-2-1-3-7-13)12-17-11-5-10-16-9-4-8-15(16)17;/h1-3,6-7H,4-5,8-12H2;1H4/q+1;. The Morgan fingerprint density at radius 1 is 1.16 bits per heavy atom. The highest BCUT2D eigenvalue weighted by molar-refractivity contribution is 5.99. The van der Waals surface area contributed by atoms with Gasteiger partial charge in [-0.05, 0) is 6.42 Å². The van der Waals surface area contributed by atoms with E-state index in [0.717, 1.165) is 18.5 Å². The third-order valence-corrected chi connectivity index (χ3v) is 3.84. The average Bonchev–Trinajstić information content (AvgIpc) is 2.89. The van der Waals surface area contributed by atoms with Crippen LogP contribution in [0.2, 0.25) is 0 Å². The average molecular weight is 259 g/mol. The molecule has 0 bridgehead atoms. The molecule has 0 saturated carbocycles. The second kappa shape index (κ2) is 6.00. The Kier molecular flexibility index (Phi) is 4.35. The lowest BCUT2D eigenvalue weighted by Gasteiger charge is -2.23. The first kappa shape index (κ1) is 13.8. The van der Waals surface area contributed by atoms with E-state index in [1.165, 1.54) is 31.8 Å². The summed E-state index contributed by atoms with van der Waals surface area (Å²) in [6, 6.07) is 9.62. The summed E-state index contributed by atoms with van der Waals surface area (Å²) in [5.41, 5.74) is 0.827. The van der Waals surface area contributed by atoms with E-state index in [4.69, 9.17) is 0 Å². The third-order valence-electron chi connectivity index (χ3n) is 3.84. The van der Waals surface area contributed by atoms with Crippen molar-refractivity contribution in [2.24, 2.45) is 0 Å². The molecule has 2 heterocycles. The Bertz CT molecular complexity index is 479. The maximum atomic E-state index is 12.2. The van der Waals surface area contributed by atoms with E-state index >= 15 is 0 Å². The molecule has 3 nitrogen and oxygen atoms in total. The van der Waals surface area contributed by atoms with Gasteiger partial charge >= 0.3 is 0 Å². The first-order valence-corrected chi connectivity index (χ1v) is 6.78. The van der Waals surface area contributed by atoms with Crippen LogP contribution in [0.3, 0.4) is 0 Å². The van der Waals surface area contributed by atoms with Gasteiger partial charge in [0.05, 0.1) is 26.1 Å². The number of hydrogen-bond donors (Lipinski definition) is 0. The van der Waals surface area contributed by atoms with Crippen molar-refractivity contribution in [3.05, 3.63) is 35.9 Å². The largest absolute Gasteiger partial charge is 0.290 e. The molecule has 0 atom stereocenters. The molecular weight excluding hydrogens is 236 g/mol. The number of Topliss-reactive ketones (excluding diaryl/α,β-unsaturated/α-hetero) is 1. The Morgan fingerprint density at radius 3 is 2.68 bits per heavy atom. The Balaban J connectivity index is 0.00000133. The van der Waals surface area contributed by atoms with Gasteiger partial charge in [0.2, 0.25) is 11.6 Å². The summed E-state index contributed by atoms with van der Waals surface area (Å²) in [6.45, 7) is 3.91. The van der Waals surface area contributed by atoms with E-state index in [0.29, 0.717) is 6.54 Å². The molecule has 0 fully saturated rings. The molecule has 2 aliphatic heterocycles. The number of ketones is 1. The minimum absolute atomic E-state index is 0. The van der Waals surface area contributed by atoms with Gasteiger partial charge in [0.15, 0.2) is 0 Å². The zero-order chi connectivity index (χ0) is 12.4. The molecule has 3 heteroatoms. The Morgan fingerprint density at radius 2 is 1.89 bits per heavy atom. The molecule has 0 radical (unpaired) electrons. The molecule has 1 aromatic carbocycles. The highest BCUT2D eigenvalue weighted by Gasteiger charge is 2.32. The first-order valence-electron chi connectivity index (χ1n) is 6.78. The maximum Gasteiger partial charge on any atom is 0.247 e. The van der Waals surface area contributed by atoms with E-state index < -0.39 is 0 Å². The molecular formula is C16H23N2O+. The minimum atomic E-state index is 0. The molecule has 0 saturated heterocycles. The number of carbonyl (C=O) groups excluding carboxylic acids is 1. The summed E-state index contributed by atoms with van der Waals surface area (Å²) in [5.74, 6) is 1.63. The van der Waals surface area contributed by atoms with Gasteiger partial charge in [-0.15, -0.1) is 0 Å². The van der Waals surface area contributed by atoms with Gasteiger partial charge in [-0.25, -0.2) is 0 Å². The van der Waals surface area contributed by atoms with Crippen LogP contribution in [0.25, 0.3) is 0 Å². The van der Waals surface area contributed by atoms with Crippen molar-refractivity contribution in [2.45, 2.75) is 26.7 Å². The van der Waals surface area contributed by atoms with Gasteiger partial charge in [-0.2, -0.15) is 0 Å². The van der Waals surface area contributed by atoms with Crippen LogP contribution in [0, 0.1) is 0 Å². The zero-order valence-corrected chi connectivity index (χ0v) is 10.6. The molecule has 2 aliphatic rings. The van der Waals surface area contributed by atoms with Crippen molar-refractivity contribution < 1.29 is 9.37 Å². The van der Waals surface area contributed by atoms with Crippen LogP contribution < -0.4 is 0 Å². The minimum Gasteiger partial charge on any atom is -0.290 e. The van der Waals surface area contributed by atoms with E-state index in [1.54, 1.807) is 0 Å². The van der Waals surface area contributed by atoms with E-state index in [-0.39, 0.29) is 13.2 Å². The highest BCUT2D eigenvalue weighted by Crippen LogP contribution is 2.15. The van der Waals surface area contributed by atoms with Gasteiger partial charge in [0.1, 0.15) is 6.54 Å². The first-order chi connectivity index (χ1) is 8.84. The molecule has 0 amide bonds. The van der Waals surface area contributed by atoms with Gasteiger partial charge in [-0.1, -0.05) is 37.8 Å². The molecule has 102 valence electrons. The number of benzene rings is 1. The van der Waals surface area contributed by atoms with Gasteiger partial charge in [0.25, 0.3) is 0 Å². The van der Waals surface area contributed by atoms with Crippen molar-refractivity contribution in [3.8, 4) is 0 Å². The zero-order valence-electron chi connectivity index (χ0n) is 10.6. The summed E-state index contributed by atoms with van der Waals surface area (Å²) >= 11 is 0. The lowest BCUT2D eigenvalue weighted by molar-refractivity contribution is -0.529. The molecule has 1 aromatic rings. The van der Waals surface area contributed by atoms with E-state index in [2.05, 4.69) is 9.48 Å². The monoisotopic (exact) mass is 259 g/mol. The van der Waals surface area contributed by atoms with Crippen LogP contribution in [0.4, 0.5) is 0 Å². The predicted molar refractivity (Wildman–Crippen MR) is 77.9 cm³/mol. The fraction of sp³-hybridized carbons (Fsp3) is 0.500. The predicted octanol–water partition coefficient (Wildman–Crippen LogP) is 2.42. The SMILES string of the molecule is C.O=C(CN1CCC[N+]2=C1CCC2)c1ccccc1. The number of rotatable bonds is 3. The van der Waals surface area contributed by atoms with Crippen LogP contribution in [0.5, 0.6) is 0 Å². The number of nitrogens with zero attached hydrogens (tertiary/aromatic N) is 2. The third kappa shape index (κ3) is 2.86. The smallest absolute Gasteiger partial charge is 0.247 e. The van der Waals surface area contributed by atoms with Crippen LogP contribution in [-0.2, 0) is 0 Å². The second-order valence-corrected chi connectivity index (χ2v) is 5.07. The fourth-order valence-corrected chi connectivity index (χ4v) is 2.95. The Hall–Kier alpha value is -1.64. The van der Waals surface area contributed by atoms with Gasteiger partial charge < -0.3 is 0 Å². The lowest BCUT2D eigenvalue weighted by Crippen LogP contribution is -2.43. The maximum absolute atomic E-state index is 12.2.